The van der Waals surface area contributed by atoms with Crippen LogP contribution in [0.2, 0.25) is 0 Å². The molecule has 2 aliphatic heterocycles. The van der Waals surface area contributed by atoms with Gasteiger partial charge in [0.25, 0.3) is 0 Å². The first-order valence-electron chi connectivity index (χ1n) is 9.32. The van der Waals surface area contributed by atoms with Gasteiger partial charge in [0.05, 0.1) is 6.61 Å². The Bertz CT molecular complexity index is 583. The highest BCUT2D eigenvalue weighted by molar-refractivity contribution is 5.64. The summed E-state index contributed by atoms with van der Waals surface area (Å²) < 4.78 is 25.2. The van der Waals surface area contributed by atoms with Gasteiger partial charge in [-0.3, -0.25) is 0 Å². The average molecular weight is 459 g/mol. The zero-order valence-electron chi connectivity index (χ0n) is 16.4. The van der Waals surface area contributed by atoms with E-state index in [2.05, 4.69) is 4.74 Å². The van der Waals surface area contributed by atoms with E-state index in [9.17, 15) is 40.5 Å². The number of rotatable bonds is 8. The van der Waals surface area contributed by atoms with Gasteiger partial charge >= 0.3 is 6.09 Å². The smallest absolute Gasteiger partial charge is 0.404 e. The third-order valence-electron chi connectivity index (χ3n) is 5.05. The number of ether oxygens (including phenoxy) is 5. The molecular formula is C16H29NO14. The van der Waals surface area contributed by atoms with Crippen LogP contribution in [-0.4, -0.2) is 141 Å². The molecule has 0 radical (unpaired) electrons. The predicted octanol–water partition coefficient (Wildman–Crippen LogP) is -5.92. The Balaban J connectivity index is 2.19. The number of carbonyl (C=O) groups excluding carboxylic acids is 1. The zero-order valence-corrected chi connectivity index (χ0v) is 16.4. The molecule has 0 bridgehead atoms. The maximum absolute atomic E-state index is 10.7. The third kappa shape index (κ3) is 5.78. The van der Waals surface area contributed by atoms with Crippen molar-refractivity contribution in [3.8, 4) is 0 Å². The summed E-state index contributed by atoms with van der Waals surface area (Å²) in [7, 11) is 1.15. The molecule has 1 amide bonds. The topological polar surface area (TPSA) is 251 Å². The van der Waals surface area contributed by atoms with Crippen LogP contribution in [-0.2, 0) is 23.7 Å². The number of carbonyl (C=O) groups is 1. The van der Waals surface area contributed by atoms with Gasteiger partial charge in [-0.2, -0.15) is 0 Å². The first-order valence-corrected chi connectivity index (χ1v) is 9.32. The maximum atomic E-state index is 10.7. The molecule has 0 aromatic rings. The molecule has 0 aromatic carbocycles. The van der Waals surface area contributed by atoms with Gasteiger partial charge in [0.15, 0.2) is 12.6 Å². The predicted molar refractivity (Wildman–Crippen MR) is 93.9 cm³/mol. The second-order valence-electron chi connectivity index (χ2n) is 7.17. The second-order valence-corrected chi connectivity index (χ2v) is 7.17. The Hall–Kier alpha value is -1.21. The van der Waals surface area contributed by atoms with Crippen LogP contribution in [0.4, 0.5) is 4.79 Å². The largest absolute Gasteiger partial charge is 0.447 e. The summed E-state index contributed by atoms with van der Waals surface area (Å²) in [6.45, 7) is -1.52. The molecule has 0 spiro atoms. The van der Waals surface area contributed by atoms with Crippen molar-refractivity contribution >= 4 is 6.09 Å². The minimum Gasteiger partial charge on any atom is -0.447 e. The lowest BCUT2D eigenvalue weighted by Crippen LogP contribution is -2.66. The molecule has 2 fully saturated rings. The van der Waals surface area contributed by atoms with E-state index >= 15 is 0 Å². The fourth-order valence-corrected chi connectivity index (χ4v) is 3.36. The van der Waals surface area contributed by atoms with Crippen molar-refractivity contribution in [1.82, 2.24) is 0 Å². The molecule has 2 aliphatic rings. The van der Waals surface area contributed by atoms with Gasteiger partial charge in [0.1, 0.15) is 67.6 Å². The van der Waals surface area contributed by atoms with Crippen LogP contribution >= 0.6 is 0 Å². The second kappa shape index (κ2) is 11.1. The zero-order chi connectivity index (χ0) is 23.5. The Morgan fingerprint density at radius 3 is 2.03 bits per heavy atom. The van der Waals surface area contributed by atoms with Crippen molar-refractivity contribution in [2.45, 2.75) is 73.6 Å². The summed E-state index contributed by atoms with van der Waals surface area (Å²) in [5.74, 6) is 0. The number of hydrogen-bond acceptors (Lipinski definition) is 14. The standard InChI is InChI=1S/C16H29NO14/c1-27-14-10(25)13(9(24)11(29-14)4(19)2-18)31-15-8(23)6(21)7(22)12(30-15)5(20)3-28-16(17)26/h4-15,18-25H,2-3H2,1H3,(H2,17,26)/t4-,5-,6+,7+,8+,9-,10+,11-,12-,13+,14+,15-/m1/s1. The highest BCUT2D eigenvalue weighted by Gasteiger charge is 2.53. The van der Waals surface area contributed by atoms with Crippen LogP contribution in [0, 0.1) is 0 Å². The van der Waals surface area contributed by atoms with Crippen molar-refractivity contribution in [3.05, 3.63) is 0 Å². The summed E-state index contributed by atoms with van der Waals surface area (Å²) in [4.78, 5) is 10.7. The normalized spacial score (nSPS) is 43.3. The van der Waals surface area contributed by atoms with Gasteiger partial charge in [-0.25, -0.2) is 4.79 Å². The number of primary amides is 1. The number of hydrogen-bond donors (Lipinski definition) is 9. The SMILES string of the molecule is CO[C@H]1O[C@H]([C@H](O)CO)[C@@H](O)[C@H](O[C@H]2O[C@H]([C@H](O)COC(N)=O)[C@@H](O)[C@H](O)[C@@H]2O)[C@@H]1O. The highest BCUT2D eigenvalue weighted by atomic mass is 16.7. The molecule has 182 valence electrons. The van der Waals surface area contributed by atoms with E-state index in [-0.39, 0.29) is 0 Å². The maximum Gasteiger partial charge on any atom is 0.404 e. The first-order chi connectivity index (χ1) is 14.5. The molecule has 2 saturated heterocycles. The van der Waals surface area contributed by atoms with Crippen LogP contribution in [0.3, 0.4) is 0 Å². The van der Waals surface area contributed by atoms with Crippen molar-refractivity contribution in [1.29, 1.82) is 0 Å². The molecule has 15 nitrogen and oxygen atoms in total. The molecule has 2 rings (SSSR count). The van der Waals surface area contributed by atoms with E-state index in [1.807, 2.05) is 0 Å². The monoisotopic (exact) mass is 459 g/mol. The van der Waals surface area contributed by atoms with Crippen molar-refractivity contribution in [2.75, 3.05) is 20.3 Å². The lowest BCUT2D eigenvalue weighted by atomic mass is 9.93. The van der Waals surface area contributed by atoms with Crippen LogP contribution < -0.4 is 5.73 Å². The molecule has 31 heavy (non-hydrogen) atoms. The molecule has 2 heterocycles. The van der Waals surface area contributed by atoms with E-state index in [0.29, 0.717) is 0 Å². The van der Waals surface area contributed by atoms with E-state index in [1.54, 1.807) is 0 Å². The van der Waals surface area contributed by atoms with Gasteiger partial charge in [-0.15, -0.1) is 0 Å². The molecule has 0 unspecified atom stereocenters. The lowest BCUT2D eigenvalue weighted by molar-refractivity contribution is -0.365. The molecular weight excluding hydrogens is 430 g/mol. The van der Waals surface area contributed by atoms with Gasteiger partial charge in [-0.05, 0) is 0 Å². The lowest BCUT2D eigenvalue weighted by Gasteiger charge is -2.47. The van der Waals surface area contributed by atoms with Crippen molar-refractivity contribution in [3.63, 3.8) is 0 Å². The number of aliphatic hydroxyl groups excluding tert-OH is 8. The molecule has 15 heteroatoms. The van der Waals surface area contributed by atoms with Crippen molar-refractivity contribution in [2.24, 2.45) is 5.73 Å². The first kappa shape index (κ1) is 26.0. The van der Waals surface area contributed by atoms with E-state index < -0.39 is 92.9 Å². The minimum absolute atomic E-state index is 0.717. The third-order valence-corrected chi connectivity index (χ3v) is 5.05. The van der Waals surface area contributed by atoms with E-state index in [0.717, 1.165) is 7.11 Å². The molecule has 12 atom stereocenters. The quantitative estimate of drug-likeness (QED) is 0.164. The average Bonchev–Trinajstić information content (AvgIpc) is 2.74. The number of methoxy groups -OCH3 is 1. The number of aliphatic hydroxyl groups is 8. The van der Waals surface area contributed by atoms with Crippen LogP contribution in [0.5, 0.6) is 0 Å². The fraction of sp³-hybridized carbons (Fsp3) is 0.938. The van der Waals surface area contributed by atoms with Gasteiger partial charge in [0.2, 0.25) is 0 Å². The number of nitrogens with two attached hydrogens (primary N) is 1. The van der Waals surface area contributed by atoms with Crippen LogP contribution in [0.1, 0.15) is 0 Å². The summed E-state index contributed by atoms with van der Waals surface area (Å²) in [5, 5.41) is 80.3. The molecule has 0 aliphatic carbocycles. The van der Waals surface area contributed by atoms with Crippen LogP contribution in [0.25, 0.3) is 0 Å². The molecule has 0 aromatic heterocycles. The Morgan fingerprint density at radius 1 is 0.903 bits per heavy atom. The van der Waals surface area contributed by atoms with Crippen LogP contribution in [0.15, 0.2) is 0 Å². The van der Waals surface area contributed by atoms with E-state index in [1.165, 1.54) is 0 Å². The molecule has 0 saturated carbocycles. The Labute approximate surface area is 176 Å². The fourth-order valence-electron chi connectivity index (χ4n) is 3.36. The number of amides is 1. The summed E-state index contributed by atoms with van der Waals surface area (Å²) in [5.41, 5.74) is 4.80. The summed E-state index contributed by atoms with van der Waals surface area (Å²) in [6, 6.07) is 0. The van der Waals surface area contributed by atoms with Gasteiger partial charge < -0.3 is 70.3 Å². The van der Waals surface area contributed by atoms with Crippen molar-refractivity contribution < 1.29 is 69.3 Å². The minimum atomic E-state index is -1.90. The highest BCUT2D eigenvalue weighted by Crippen LogP contribution is 2.31. The Kier molecular flexibility index (Phi) is 9.31. The summed E-state index contributed by atoms with van der Waals surface area (Å²) >= 11 is 0. The van der Waals surface area contributed by atoms with Gasteiger partial charge in [-0.1, -0.05) is 0 Å². The Morgan fingerprint density at radius 2 is 1.48 bits per heavy atom. The van der Waals surface area contributed by atoms with E-state index in [4.69, 9.17) is 29.8 Å². The van der Waals surface area contributed by atoms with Gasteiger partial charge in [0, 0.05) is 7.11 Å². The molecule has 10 N–H and O–H groups in total. The summed E-state index contributed by atoms with van der Waals surface area (Å²) in [6.07, 6.45) is -21.5.